The van der Waals surface area contributed by atoms with Crippen LogP contribution in [0.25, 0.3) is 11.3 Å². The number of hydrogen-bond acceptors (Lipinski definition) is 10. The summed E-state index contributed by atoms with van der Waals surface area (Å²) < 4.78 is 17.3. The Morgan fingerprint density at radius 2 is 1.74 bits per heavy atom. The van der Waals surface area contributed by atoms with Gasteiger partial charge in [0.1, 0.15) is 11.3 Å². The van der Waals surface area contributed by atoms with Crippen LogP contribution in [0.5, 0.6) is 5.75 Å². The molecule has 2 heterocycles. The van der Waals surface area contributed by atoms with E-state index in [0.29, 0.717) is 28.8 Å². The zero-order chi connectivity index (χ0) is 28.8. The second-order valence-electron chi connectivity index (χ2n) is 10.3. The Morgan fingerprint density at radius 3 is 2.26 bits per heavy atom. The third-order valence-electron chi connectivity index (χ3n) is 7.40. The highest BCUT2D eigenvalue weighted by atomic mass is 16.8. The Morgan fingerprint density at radius 1 is 1.11 bits per heavy atom. The van der Waals surface area contributed by atoms with Gasteiger partial charge in [0.15, 0.2) is 32.3 Å². The number of benzene rings is 1. The summed E-state index contributed by atoms with van der Waals surface area (Å²) in [6.45, 7) is 6.21. The second kappa shape index (κ2) is 10.0. The molecule has 14 heteroatoms. The molecule has 0 aliphatic carbocycles. The van der Waals surface area contributed by atoms with Gasteiger partial charge in [-0.2, -0.15) is 0 Å². The maximum atomic E-state index is 12.7. The summed E-state index contributed by atoms with van der Waals surface area (Å²) in [5.41, 5.74) is -4.61. The fraction of sp³-hybridized carbons (Fsp3) is 0.500. The molecule has 0 radical (unpaired) electrons. The van der Waals surface area contributed by atoms with Crippen LogP contribution >= 0.6 is 0 Å². The smallest absolute Gasteiger partial charge is 0.341 e. The van der Waals surface area contributed by atoms with Crippen molar-refractivity contribution in [3.63, 3.8) is 0 Å². The fourth-order valence-corrected chi connectivity index (χ4v) is 4.22. The number of ether oxygens (including phenoxy) is 3. The van der Waals surface area contributed by atoms with Crippen molar-refractivity contribution in [3.8, 4) is 17.0 Å². The molecule has 1 aromatic heterocycles. The van der Waals surface area contributed by atoms with Gasteiger partial charge in [-0.25, -0.2) is 4.79 Å². The van der Waals surface area contributed by atoms with Crippen molar-refractivity contribution in [2.45, 2.75) is 63.0 Å². The minimum Gasteiger partial charge on any atom is -0.477 e. The number of carbonyl (C=O) groups is 1. The van der Waals surface area contributed by atoms with Gasteiger partial charge < -0.3 is 44.8 Å². The molecule has 2 atom stereocenters. The largest absolute Gasteiger partial charge is 0.477 e. The Bertz CT molecular complexity index is 1290. The monoisotopic (exact) mass is 532 g/mol. The van der Waals surface area contributed by atoms with E-state index in [0.717, 1.165) is 22.8 Å². The Hall–Kier alpha value is -2.87. The fourth-order valence-electron chi connectivity index (χ4n) is 4.22. The summed E-state index contributed by atoms with van der Waals surface area (Å²) in [7, 11) is 4.38. The predicted octanol–water partition coefficient (Wildman–Crippen LogP) is -1.74. The summed E-state index contributed by atoms with van der Waals surface area (Å²) >= 11 is 0. The first-order valence-corrected chi connectivity index (χ1v) is 12.0. The van der Waals surface area contributed by atoms with E-state index < -0.39 is 34.1 Å². The third-order valence-corrected chi connectivity index (χ3v) is 7.40. The lowest BCUT2D eigenvalue weighted by Crippen LogP contribution is -2.72. The quantitative estimate of drug-likeness (QED) is 0.174. The maximum absolute atomic E-state index is 12.7. The van der Waals surface area contributed by atoms with Crippen molar-refractivity contribution in [1.82, 2.24) is 4.68 Å². The first-order chi connectivity index (χ1) is 17.4. The van der Waals surface area contributed by atoms with Gasteiger partial charge in [-0.05, 0) is 38.0 Å². The van der Waals surface area contributed by atoms with Crippen LogP contribution in [0.3, 0.4) is 0 Å². The van der Waals surface area contributed by atoms with Gasteiger partial charge in [0.25, 0.3) is 0 Å². The summed E-state index contributed by atoms with van der Waals surface area (Å²) in [4.78, 5) is 24.4. The molecule has 2 unspecified atom stereocenters. The SMILES string of the molecule is BC(O)(Oc1cc2c(cc1COC)-c1cc(=O)c(C(=O)O)cn1N(C(C)(C)CC)C2)C(B)(O)C(O)(O)OC. The lowest BCUT2D eigenvalue weighted by molar-refractivity contribution is -0.411. The summed E-state index contributed by atoms with van der Waals surface area (Å²) in [6.07, 6.45) is 2.00. The number of aromatic carboxylic acids is 1. The van der Waals surface area contributed by atoms with E-state index >= 15 is 0 Å². The number of pyridine rings is 1. The number of methoxy groups -OCH3 is 2. The molecule has 38 heavy (non-hydrogen) atoms. The van der Waals surface area contributed by atoms with Gasteiger partial charge in [-0.3, -0.25) is 9.47 Å². The lowest BCUT2D eigenvalue weighted by atomic mass is 9.64. The van der Waals surface area contributed by atoms with Gasteiger partial charge in [-0.1, -0.05) is 6.92 Å². The molecule has 5 N–H and O–H groups in total. The second-order valence-corrected chi connectivity index (χ2v) is 10.3. The number of rotatable bonds is 10. The highest BCUT2D eigenvalue weighted by Gasteiger charge is 2.58. The Balaban J connectivity index is 2.25. The minimum atomic E-state index is -3.16. The molecule has 0 saturated carbocycles. The lowest BCUT2D eigenvalue weighted by Gasteiger charge is -2.46. The van der Waals surface area contributed by atoms with Crippen LogP contribution in [-0.2, 0) is 22.6 Å². The van der Waals surface area contributed by atoms with E-state index in [1.807, 2.05) is 25.8 Å². The molecule has 0 bridgehead atoms. The van der Waals surface area contributed by atoms with Crippen molar-refractivity contribution in [3.05, 3.63) is 51.3 Å². The van der Waals surface area contributed by atoms with Crippen molar-refractivity contribution < 1.29 is 44.5 Å². The van der Waals surface area contributed by atoms with Crippen LogP contribution in [0, 0.1) is 0 Å². The summed E-state index contributed by atoms with van der Waals surface area (Å²) in [6, 6.07) is 4.56. The Labute approximate surface area is 221 Å². The molecule has 0 amide bonds. The van der Waals surface area contributed by atoms with Crippen LogP contribution < -0.4 is 15.2 Å². The number of aromatic nitrogens is 1. The van der Waals surface area contributed by atoms with Crippen LogP contribution in [0.2, 0.25) is 0 Å². The van der Waals surface area contributed by atoms with Crippen LogP contribution in [0.1, 0.15) is 48.7 Å². The maximum Gasteiger partial charge on any atom is 0.341 e. The highest BCUT2D eigenvalue weighted by Crippen LogP contribution is 2.39. The van der Waals surface area contributed by atoms with E-state index in [-0.39, 0.29) is 24.5 Å². The van der Waals surface area contributed by atoms with Crippen LogP contribution in [0.4, 0.5) is 0 Å². The van der Waals surface area contributed by atoms with Gasteiger partial charge in [0, 0.05) is 37.6 Å². The van der Waals surface area contributed by atoms with Crippen molar-refractivity contribution in [2.75, 3.05) is 19.2 Å². The molecule has 2 aromatic rings. The number of hydrogen-bond donors (Lipinski definition) is 5. The molecule has 0 fully saturated rings. The molecular weight excluding hydrogens is 498 g/mol. The van der Waals surface area contributed by atoms with Gasteiger partial charge in [0.2, 0.25) is 0 Å². The third kappa shape index (κ3) is 4.95. The average molecular weight is 532 g/mol. The number of fused-ring (bicyclic) bond motifs is 3. The molecule has 0 spiro atoms. The topological polar surface area (TPSA) is 171 Å². The normalized spacial score (nSPS) is 16.7. The van der Waals surface area contributed by atoms with Crippen LogP contribution in [-0.4, -0.2) is 88.8 Å². The van der Waals surface area contributed by atoms with E-state index in [4.69, 9.17) is 9.47 Å². The van der Waals surface area contributed by atoms with E-state index in [1.54, 1.807) is 16.8 Å². The molecule has 12 nitrogen and oxygen atoms in total. The molecule has 0 saturated heterocycles. The first kappa shape index (κ1) is 29.7. The van der Waals surface area contributed by atoms with E-state index in [9.17, 15) is 35.1 Å². The predicted molar refractivity (Wildman–Crippen MR) is 142 cm³/mol. The number of nitrogens with zero attached hydrogens (tertiary/aromatic N) is 2. The number of carboxylic acids is 1. The Kier molecular flexibility index (Phi) is 7.83. The number of aliphatic hydroxyl groups is 4. The van der Waals surface area contributed by atoms with Gasteiger partial charge in [-0.15, -0.1) is 0 Å². The standard InChI is InChI=1S/C24H34B2N2O10/c1-6-21(2,3)28-10-13-8-19(38-23(26,33)22(25,32)24(34,35)37-5)14(12-36-4)7-15(13)17-9-18(29)16(20(30)31)11-27(17)28/h7-9,11,32-35H,6,10,12,25-26H2,1-5H3,(H,30,31). The zero-order valence-corrected chi connectivity index (χ0v) is 22.6. The summed E-state index contributed by atoms with van der Waals surface area (Å²) in [5, 5.41) is 53.5. The van der Waals surface area contributed by atoms with Crippen molar-refractivity contribution >= 4 is 21.7 Å². The summed E-state index contributed by atoms with van der Waals surface area (Å²) in [5.74, 6) is -4.41. The van der Waals surface area contributed by atoms with Gasteiger partial charge >= 0.3 is 11.9 Å². The molecule has 1 aliphatic heterocycles. The van der Waals surface area contributed by atoms with Crippen molar-refractivity contribution in [2.24, 2.45) is 0 Å². The molecular formula is C24H34B2N2O10. The molecule has 1 aromatic carbocycles. The zero-order valence-electron chi connectivity index (χ0n) is 22.6. The molecule has 1 aliphatic rings. The minimum absolute atomic E-state index is 0.00385. The van der Waals surface area contributed by atoms with Crippen molar-refractivity contribution in [1.29, 1.82) is 0 Å². The van der Waals surface area contributed by atoms with E-state index in [2.05, 4.69) is 4.74 Å². The average Bonchev–Trinajstić information content (AvgIpc) is 2.83. The van der Waals surface area contributed by atoms with E-state index in [1.165, 1.54) is 19.4 Å². The number of carboxylic acid groups (broad SMARTS) is 1. The first-order valence-electron chi connectivity index (χ1n) is 12.0. The molecule has 3 rings (SSSR count). The van der Waals surface area contributed by atoms with Crippen LogP contribution in [0.15, 0.2) is 29.2 Å². The highest BCUT2D eigenvalue weighted by molar-refractivity contribution is 6.25. The molecule has 206 valence electrons. The van der Waals surface area contributed by atoms with Gasteiger partial charge in [0.05, 0.1) is 24.4 Å².